The lowest BCUT2D eigenvalue weighted by Crippen LogP contribution is -2.34. The minimum absolute atomic E-state index is 0.279. The molecular formula is C26H33N3O2S. The first kappa shape index (κ1) is 22.6. The zero-order valence-electron chi connectivity index (χ0n) is 19.2. The monoisotopic (exact) mass is 451 g/mol. The number of rotatable bonds is 8. The van der Waals surface area contributed by atoms with Gasteiger partial charge in [0, 0.05) is 36.3 Å². The summed E-state index contributed by atoms with van der Waals surface area (Å²) in [7, 11) is -3.69. The zero-order valence-corrected chi connectivity index (χ0v) is 20.0. The predicted molar refractivity (Wildman–Crippen MR) is 133 cm³/mol. The summed E-state index contributed by atoms with van der Waals surface area (Å²) in [5.74, 6) is 0. The molecule has 0 aliphatic carbocycles. The number of benzene rings is 2. The quantitative estimate of drug-likeness (QED) is 0.498. The number of nitrogens with zero attached hydrogens (tertiary/aromatic N) is 2. The first-order valence-corrected chi connectivity index (χ1v) is 13.0. The van der Waals surface area contributed by atoms with Crippen LogP contribution in [0.5, 0.6) is 0 Å². The Balaban J connectivity index is 1.62. The average Bonchev–Trinajstić information content (AvgIpc) is 3.16. The highest BCUT2D eigenvalue weighted by Gasteiger charge is 2.21. The number of unbranched alkanes of at least 4 members (excludes halogenated alkanes) is 1. The third kappa shape index (κ3) is 4.76. The standard InChI is InChI=1S/C26H33N3O2S/c1-4-5-8-21-11-13-23(14-12-21)32(30,31)27-29-19-25(24-9-6-7-10-26(24)29)22-15-17-28(18-16-22)20(2)3/h6-7,9-15,19-20,27H,4-5,8,16-18H2,1-3H3. The van der Waals surface area contributed by atoms with E-state index in [-0.39, 0.29) is 4.90 Å². The van der Waals surface area contributed by atoms with Crippen LogP contribution in [0.1, 0.15) is 51.2 Å². The van der Waals surface area contributed by atoms with E-state index in [9.17, 15) is 8.42 Å². The molecule has 1 aromatic heterocycles. The molecular weight excluding hydrogens is 418 g/mol. The first-order chi connectivity index (χ1) is 15.4. The van der Waals surface area contributed by atoms with E-state index in [1.807, 2.05) is 36.5 Å². The number of aromatic nitrogens is 1. The molecule has 2 aromatic carbocycles. The smallest absolute Gasteiger partial charge is 0.275 e. The van der Waals surface area contributed by atoms with Gasteiger partial charge in [-0.05, 0) is 62.4 Å². The van der Waals surface area contributed by atoms with E-state index in [1.54, 1.807) is 16.8 Å². The fourth-order valence-corrected chi connectivity index (χ4v) is 5.32. The first-order valence-electron chi connectivity index (χ1n) is 11.5. The normalized spacial score (nSPS) is 15.3. The summed E-state index contributed by atoms with van der Waals surface area (Å²) < 4.78 is 27.9. The highest BCUT2D eigenvalue weighted by molar-refractivity contribution is 7.92. The molecule has 0 saturated heterocycles. The molecule has 0 saturated carbocycles. The lowest BCUT2D eigenvalue weighted by atomic mass is 9.98. The summed E-state index contributed by atoms with van der Waals surface area (Å²) in [6.45, 7) is 8.52. The van der Waals surface area contributed by atoms with Gasteiger partial charge in [-0.2, -0.15) is 8.42 Å². The van der Waals surface area contributed by atoms with Crippen LogP contribution < -0.4 is 4.83 Å². The van der Waals surface area contributed by atoms with Crippen LogP contribution in [0.15, 0.2) is 65.7 Å². The van der Waals surface area contributed by atoms with E-state index in [0.29, 0.717) is 6.04 Å². The molecule has 5 nitrogen and oxygen atoms in total. The number of hydrogen-bond donors (Lipinski definition) is 1. The second-order valence-electron chi connectivity index (χ2n) is 8.84. The van der Waals surface area contributed by atoms with Gasteiger partial charge in [-0.15, -0.1) is 0 Å². The van der Waals surface area contributed by atoms with Crippen molar-refractivity contribution in [1.82, 2.24) is 9.58 Å². The largest absolute Gasteiger partial charge is 0.297 e. The molecule has 0 atom stereocenters. The van der Waals surface area contributed by atoms with E-state index in [0.717, 1.165) is 55.2 Å². The second-order valence-corrected chi connectivity index (χ2v) is 10.5. The van der Waals surface area contributed by atoms with Crippen LogP contribution in [0.2, 0.25) is 0 Å². The van der Waals surface area contributed by atoms with Crippen molar-refractivity contribution in [1.29, 1.82) is 0 Å². The zero-order chi connectivity index (χ0) is 22.7. The molecule has 0 radical (unpaired) electrons. The molecule has 1 N–H and O–H groups in total. The van der Waals surface area contributed by atoms with E-state index in [1.165, 1.54) is 11.1 Å². The van der Waals surface area contributed by atoms with Gasteiger partial charge < -0.3 is 0 Å². The third-order valence-electron chi connectivity index (χ3n) is 6.30. The van der Waals surface area contributed by atoms with Crippen LogP contribution in [-0.4, -0.2) is 37.1 Å². The van der Waals surface area contributed by atoms with Crippen molar-refractivity contribution in [2.75, 3.05) is 17.9 Å². The van der Waals surface area contributed by atoms with Crippen molar-refractivity contribution in [3.05, 3.63) is 71.9 Å². The molecule has 0 amide bonds. The SMILES string of the molecule is CCCCc1ccc(S(=O)(=O)Nn2cc(C3=CCN(C(C)C)CC3)c3ccccc32)cc1. The van der Waals surface area contributed by atoms with Crippen molar-refractivity contribution in [2.45, 2.75) is 57.4 Å². The topological polar surface area (TPSA) is 54.3 Å². The Kier molecular flexibility index (Phi) is 6.72. The summed E-state index contributed by atoms with van der Waals surface area (Å²) in [5, 5.41) is 1.06. The van der Waals surface area contributed by atoms with Crippen molar-refractivity contribution in [3.63, 3.8) is 0 Å². The van der Waals surface area contributed by atoms with Crippen molar-refractivity contribution >= 4 is 26.5 Å². The Morgan fingerprint density at radius 3 is 2.47 bits per heavy atom. The maximum absolute atomic E-state index is 13.1. The lowest BCUT2D eigenvalue weighted by Gasteiger charge is -2.29. The Bertz CT molecular complexity index is 1210. The summed E-state index contributed by atoms with van der Waals surface area (Å²) in [6, 6.07) is 15.7. The Morgan fingerprint density at radius 1 is 1.06 bits per heavy atom. The van der Waals surface area contributed by atoms with E-state index < -0.39 is 10.0 Å². The summed E-state index contributed by atoms with van der Waals surface area (Å²) in [6.07, 6.45) is 8.36. The number of hydrogen-bond acceptors (Lipinski definition) is 3. The Hall–Kier alpha value is -2.57. The molecule has 0 bridgehead atoms. The fourth-order valence-electron chi connectivity index (χ4n) is 4.31. The van der Waals surface area contributed by atoms with Gasteiger partial charge in [-0.1, -0.05) is 49.8 Å². The van der Waals surface area contributed by atoms with E-state index >= 15 is 0 Å². The van der Waals surface area contributed by atoms with Crippen LogP contribution >= 0.6 is 0 Å². The van der Waals surface area contributed by atoms with Crippen molar-refractivity contribution < 1.29 is 8.42 Å². The van der Waals surface area contributed by atoms with Gasteiger partial charge >= 0.3 is 0 Å². The predicted octanol–water partition coefficient (Wildman–Crippen LogP) is 5.41. The van der Waals surface area contributed by atoms with Gasteiger partial charge in [0.25, 0.3) is 10.0 Å². The summed E-state index contributed by atoms with van der Waals surface area (Å²) >= 11 is 0. The molecule has 3 aromatic rings. The Morgan fingerprint density at radius 2 is 1.81 bits per heavy atom. The van der Waals surface area contributed by atoms with Crippen LogP contribution in [0.3, 0.4) is 0 Å². The maximum Gasteiger partial charge on any atom is 0.275 e. The summed E-state index contributed by atoms with van der Waals surface area (Å²) in [5.41, 5.74) is 4.40. The molecule has 0 unspecified atom stereocenters. The highest BCUT2D eigenvalue weighted by Crippen LogP contribution is 2.31. The number of aryl methyl sites for hydroxylation is 1. The van der Waals surface area contributed by atoms with Gasteiger partial charge in [-0.25, -0.2) is 4.83 Å². The number of sulfonamides is 1. The van der Waals surface area contributed by atoms with Gasteiger partial charge in [-0.3, -0.25) is 9.58 Å². The van der Waals surface area contributed by atoms with Crippen LogP contribution in [0, 0.1) is 0 Å². The number of para-hydroxylation sites is 1. The molecule has 4 rings (SSSR count). The minimum Gasteiger partial charge on any atom is -0.297 e. The number of fused-ring (bicyclic) bond motifs is 1. The molecule has 1 aliphatic rings. The van der Waals surface area contributed by atoms with Crippen LogP contribution in [0.25, 0.3) is 16.5 Å². The fraction of sp³-hybridized carbons (Fsp3) is 0.385. The molecule has 6 heteroatoms. The van der Waals surface area contributed by atoms with E-state index in [2.05, 4.69) is 42.6 Å². The maximum atomic E-state index is 13.1. The highest BCUT2D eigenvalue weighted by atomic mass is 32.2. The van der Waals surface area contributed by atoms with Gasteiger partial charge in [0.15, 0.2) is 0 Å². The molecule has 1 aliphatic heterocycles. The van der Waals surface area contributed by atoms with E-state index in [4.69, 9.17) is 0 Å². The average molecular weight is 452 g/mol. The van der Waals surface area contributed by atoms with Crippen LogP contribution in [-0.2, 0) is 16.4 Å². The van der Waals surface area contributed by atoms with Crippen LogP contribution in [0.4, 0.5) is 0 Å². The van der Waals surface area contributed by atoms with Crippen molar-refractivity contribution in [2.24, 2.45) is 0 Å². The van der Waals surface area contributed by atoms with Gasteiger partial charge in [0.2, 0.25) is 0 Å². The summed E-state index contributed by atoms with van der Waals surface area (Å²) in [4.78, 5) is 5.50. The molecule has 0 fully saturated rings. The minimum atomic E-state index is -3.69. The van der Waals surface area contributed by atoms with Gasteiger partial charge in [0.1, 0.15) is 0 Å². The second kappa shape index (κ2) is 9.51. The Labute approximate surface area is 191 Å². The third-order valence-corrected chi connectivity index (χ3v) is 7.63. The number of nitrogens with one attached hydrogen (secondary N) is 1. The van der Waals surface area contributed by atoms with Gasteiger partial charge in [0.05, 0.1) is 10.4 Å². The van der Waals surface area contributed by atoms with Crippen molar-refractivity contribution in [3.8, 4) is 0 Å². The molecule has 170 valence electrons. The molecule has 2 heterocycles. The lowest BCUT2D eigenvalue weighted by molar-refractivity contribution is 0.245. The molecule has 32 heavy (non-hydrogen) atoms. The molecule has 0 spiro atoms.